The van der Waals surface area contributed by atoms with Crippen molar-refractivity contribution >= 4 is 11.9 Å². The van der Waals surface area contributed by atoms with Crippen LogP contribution in [0.5, 0.6) is 5.75 Å². The molecule has 0 bridgehead atoms. The molecule has 2 rings (SSSR count). The fraction of sp³-hybridized carbons (Fsp3) is 0.533. The number of carboxylic acid groups (broad SMARTS) is 1. The van der Waals surface area contributed by atoms with Gasteiger partial charge in [0.25, 0.3) is 5.91 Å². The summed E-state index contributed by atoms with van der Waals surface area (Å²) in [5.41, 5.74) is -0.983. The molecule has 0 aliphatic heterocycles. The van der Waals surface area contributed by atoms with E-state index in [2.05, 4.69) is 10.3 Å². The number of carbonyl (C=O) groups excluding carboxylic acids is 1. The monoisotopic (exact) mass is 292 g/mol. The van der Waals surface area contributed by atoms with Gasteiger partial charge in [-0.3, -0.25) is 9.59 Å². The number of carbonyl (C=O) groups is 2. The van der Waals surface area contributed by atoms with E-state index in [0.717, 1.165) is 25.7 Å². The zero-order valence-electron chi connectivity index (χ0n) is 11.8. The van der Waals surface area contributed by atoms with E-state index in [1.165, 1.54) is 18.3 Å². The largest absolute Gasteiger partial charge is 0.505 e. The maximum atomic E-state index is 12.0. The predicted molar refractivity (Wildman–Crippen MR) is 76.0 cm³/mol. The van der Waals surface area contributed by atoms with Gasteiger partial charge >= 0.3 is 5.97 Å². The van der Waals surface area contributed by atoms with Crippen LogP contribution < -0.4 is 5.32 Å². The molecule has 1 aliphatic rings. The average Bonchev–Trinajstić information content (AvgIpc) is 2.72. The molecule has 0 radical (unpaired) electrons. The molecule has 6 nitrogen and oxygen atoms in total. The van der Waals surface area contributed by atoms with Gasteiger partial charge in [-0.15, -0.1) is 0 Å². The number of hydrogen-bond acceptors (Lipinski definition) is 4. The molecule has 0 atom stereocenters. The van der Waals surface area contributed by atoms with E-state index < -0.39 is 17.3 Å². The molecule has 21 heavy (non-hydrogen) atoms. The molecule has 1 saturated carbocycles. The summed E-state index contributed by atoms with van der Waals surface area (Å²) in [5, 5.41) is 21.7. The minimum atomic E-state index is -0.906. The fourth-order valence-electron chi connectivity index (χ4n) is 2.78. The van der Waals surface area contributed by atoms with E-state index in [1.807, 2.05) is 0 Å². The van der Waals surface area contributed by atoms with E-state index in [9.17, 15) is 19.8 Å². The number of amides is 1. The third kappa shape index (κ3) is 3.51. The Hall–Kier alpha value is -2.11. The van der Waals surface area contributed by atoms with Crippen LogP contribution in [0.15, 0.2) is 18.3 Å². The SMILES string of the molecule is O=C(NCC1(C(=O)O)CCCCCC1)c1ncccc1O. The van der Waals surface area contributed by atoms with Crippen LogP contribution in [0.3, 0.4) is 0 Å². The van der Waals surface area contributed by atoms with Crippen LogP contribution in [-0.4, -0.2) is 33.6 Å². The highest BCUT2D eigenvalue weighted by atomic mass is 16.4. The first kappa shape index (κ1) is 15.3. The van der Waals surface area contributed by atoms with Crippen molar-refractivity contribution in [2.24, 2.45) is 5.41 Å². The van der Waals surface area contributed by atoms with Gasteiger partial charge in [0, 0.05) is 12.7 Å². The standard InChI is InChI=1S/C15H20N2O4/c18-11-6-5-9-16-12(11)13(19)17-10-15(14(20)21)7-3-1-2-4-8-15/h5-6,9,18H,1-4,7-8,10H2,(H,17,19)(H,20,21). The summed E-state index contributed by atoms with van der Waals surface area (Å²) in [6.07, 6.45) is 6.32. The summed E-state index contributed by atoms with van der Waals surface area (Å²) < 4.78 is 0. The van der Waals surface area contributed by atoms with E-state index in [-0.39, 0.29) is 18.0 Å². The van der Waals surface area contributed by atoms with Crippen LogP contribution in [0.4, 0.5) is 0 Å². The van der Waals surface area contributed by atoms with Crippen molar-refractivity contribution in [3.05, 3.63) is 24.0 Å². The van der Waals surface area contributed by atoms with Gasteiger partial charge in [0.05, 0.1) is 5.41 Å². The van der Waals surface area contributed by atoms with Gasteiger partial charge in [0.1, 0.15) is 5.75 Å². The lowest BCUT2D eigenvalue weighted by molar-refractivity contribution is -0.149. The highest BCUT2D eigenvalue weighted by molar-refractivity contribution is 5.95. The first-order chi connectivity index (χ1) is 10.1. The van der Waals surface area contributed by atoms with Crippen LogP contribution in [0.1, 0.15) is 49.0 Å². The average molecular weight is 292 g/mol. The Kier molecular flexibility index (Phi) is 4.77. The van der Waals surface area contributed by atoms with Gasteiger partial charge in [-0.25, -0.2) is 4.98 Å². The second-order valence-corrected chi connectivity index (χ2v) is 5.55. The smallest absolute Gasteiger partial charge is 0.311 e. The highest BCUT2D eigenvalue weighted by Gasteiger charge is 2.39. The summed E-state index contributed by atoms with van der Waals surface area (Å²) in [7, 11) is 0. The minimum Gasteiger partial charge on any atom is -0.505 e. The van der Waals surface area contributed by atoms with Crippen LogP contribution in [0.25, 0.3) is 0 Å². The van der Waals surface area contributed by atoms with Gasteiger partial charge < -0.3 is 15.5 Å². The van der Waals surface area contributed by atoms with Crippen LogP contribution in [-0.2, 0) is 4.79 Å². The number of aromatic hydroxyl groups is 1. The van der Waals surface area contributed by atoms with Crippen LogP contribution >= 0.6 is 0 Å². The van der Waals surface area contributed by atoms with Crippen LogP contribution in [0, 0.1) is 5.41 Å². The molecule has 0 saturated heterocycles. The summed E-state index contributed by atoms with van der Waals surface area (Å²) >= 11 is 0. The van der Waals surface area contributed by atoms with E-state index in [4.69, 9.17) is 0 Å². The summed E-state index contributed by atoms with van der Waals surface area (Å²) in [6, 6.07) is 2.90. The lowest BCUT2D eigenvalue weighted by Crippen LogP contribution is -2.43. The number of aromatic nitrogens is 1. The van der Waals surface area contributed by atoms with Crippen LogP contribution in [0.2, 0.25) is 0 Å². The Morgan fingerprint density at radius 3 is 2.48 bits per heavy atom. The molecule has 1 amide bonds. The molecular formula is C15H20N2O4. The highest BCUT2D eigenvalue weighted by Crippen LogP contribution is 2.35. The molecule has 1 heterocycles. The number of carboxylic acids is 1. The first-order valence-electron chi connectivity index (χ1n) is 7.21. The van der Waals surface area contributed by atoms with Crippen molar-refractivity contribution in [2.45, 2.75) is 38.5 Å². The van der Waals surface area contributed by atoms with Gasteiger partial charge in [-0.05, 0) is 25.0 Å². The summed E-state index contributed by atoms with van der Waals surface area (Å²) in [5.74, 6) is -1.62. The number of aliphatic carboxylic acids is 1. The lowest BCUT2D eigenvalue weighted by atomic mass is 9.80. The van der Waals surface area contributed by atoms with Crippen molar-refractivity contribution in [1.29, 1.82) is 0 Å². The number of hydrogen-bond donors (Lipinski definition) is 3. The Labute approximate surface area is 123 Å². The number of rotatable bonds is 4. The molecule has 0 aromatic carbocycles. The van der Waals surface area contributed by atoms with E-state index >= 15 is 0 Å². The zero-order valence-corrected chi connectivity index (χ0v) is 11.8. The van der Waals surface area contributed by atoms with Crippen molar-refractivity contribution < 1.29 is 19.8 Å². The molecule has 114 valence electrons. The molecule has 1 aromatic heterocycles. The third-order valence-electron chi connectivity index (χ3n) is 4.10. The zero-order chi connectivity index (χ0) is 15.3. The summed E-state index contributed by atoms with van der Waals surface area (Å²) in [4.78, 5) is 27.5. The maximum absolute atomic E-state index is 12.0. The Bertz CT molecular complexity index is 522. The van der Waals surface area contributed by atoms with E-state index in [0.29, 0.717) is 12.8 Å². The second-order valence-electron chi connectivity index (χ2n) is 5.55. The van der Waals surface area contributed by atoms with Crippen molar-refractivity contribution in [3.63, 3.8) is 0 Å². The summed E-state index contributed by atoms with van der Waals surface area (Å²) in [6.45, 7) is 0.0666. The Balaban J connectivity index is 2.07. The minimum absolute atomic E-state index is 0.0666. The molecule has 0 unspecified atom stereocenters. The molecule has 1 aromatic rings. The topological polar surface area (TPSA) is 99.5 Å². The Morgan fingerprint density at radius 2 is 1.90 bits per heavy atom. The van der Waals surface area contributed by atoms with Crippen molar-refractivity contribution in [2.75, 3.05) is 6.54 Å². The molecular weight excluding hydrogens is 272 g/mol. The number of pyridine rings is 1. The maximum Gasteiger partial charge on any atom is 0.311 e. The van der Waals surface area contributed by atoms with Gasteiger partial charge in [0.2, 0.25) is 0 Å². The first-order valence-corrected chi connectivity index (χ1v) is 7.21. The van der Waals surface area contributed by atoms with Gasteiger partial charge in [-0.1, -0.05) is 25.7 Å². The van der Waals surface area contributed by atoms with Gasteiger partial charge in [0.15, 0.2) is 5.69 Å². The lowest BCUT2D eigenvalue weighted by Gasteiger charge is -2.28. The van der Waals surface area contributed by atoms with Gasteiger partial charge in [-0.2, -0.15) is 0 Å². The van der Waals surface area contributed by atoms with Crippen molar-refractivity contribution in [3.8, 4) is 5.75 Å². The molecule has 1 aliphatic carbocycles. The quantitative estimate of drug-likeness (QED) is 0.736. The fourth-order valence-corrected chi connectivity index (χ4v) is 2.78. The normalized spacial score (nSPS) is 17.7. The molecule has 6 heteroatoms. The number of nitrogens with zero attached hydrogens (tertiary/aromatic N) is 1. The van der Waals surface area contributed by atoms with E-state index in [1.54, 1.807) is 0 Å². The number of nitrogens with one attached hydrogen (secondary N) is 1. The second kappa shape index (κ2) is 6.56. The van der Waals surface area contributed by atoms with Crippen molar-refractivity contribution in [1.82, 2.24) is 10.3 Å². The third-order valence-corrected chi connectivity index (χ3v) is 4.10. The predicted octanol–water partition coefficient (Wildman–Crippen LogP) is 1.94. The molecule has 3 N–H and O–H groups in total. The molecule has 0 spiro atoms. The molecule has 1 fully saturated rings. The Morgan fingerprint density at radius 1 is 1.24 bits per heavy atom.